The minimum atomic E-state index is 0.325. The predicted molar refractivity (Wildman–Crippen MR) is 139 cm³/mol. The third-order valence-corrected chi connectivity index (χ3v) is 6.82. The Morgan fingerprint density at radius 2 is 1.61 bits per heavy atom. The number of nitrogens with zero attached hydrogens (tertiary/aromatic N) is 1. The number of anilines is 2. The molecule has 0 aromatic heterocycles. The van der Waals surface area contributed by atoms with Crippen LogP contribution in [0, 0.1) is 0 Å². The largest absolute Gasteiger partial charge is 0.493 e. The van der Waals surface area contributed by atoms with E-state index in [1.54, 1.807) is 13.2 Å². The average Bonchev–Trinajstić information content (AvgIpc) is 2.83. The smallest absolute Gasteiger partial charge is 0.163 e. The number of nitrogens with one attached hydrogen (secondary N) is 1. The number of halogens is 3. The summed E-state index contributed by atoms with van der Waals surface area (Å²) in [5, 5.41) is 5.42. The third-order valence-electron chi connectivity index (χ3n) is 5.80. The van der Waals surface area contributed by atoms with Crippen LogP contribution in [0.4, 0.5) is 11.4 Å². The summed E-state index contributed by atoms with van der Waals surface area (Å²) in [5.41, 5.74) is 3.83. The van der Waals surface area contributed by atoms with Gasteiger partial charge in [0.1, 0.15) is 6.61 Å². The van der Waals surface area contributed by atoms with Crippen LogP contribution in [0.15, 0.2) is 54.6 Å². The topological polar surface area (TPSA) is 33.7 Å². The molecule has 0 spiro atoms. The van der Waals surface area contributed by atoms with Crippen molar-refractivity contribution in [2.24, 2.45) is 0 Å². The molecule has 0 unspecified atom stereocenters. The van der Waals surface area contributed by atoms with E-state index in [1.807, 2.05) is 36.4 Å². The second-order valence-corrected chi connectivity index (χ2v) is 9.26. The quantitative estimate of drug-likeness (QED) is 0.338. The lowest BCUT2D eigenvalue weighted by molar-refractivity contribution is 0.284. The van der Waals surface area contributed by atoms with E-state index >= 15 is 0 Å². The normalized spacial score (nSPS) is 13.6. The predicted octanol–water partition coefficient (Wildman–Crippen LogP) is 7.84. The Hall–Kier alpha value is -2.27. The van der Waals surface area contributed by atoms with Crippen molar-refractivity contribution in [1.82, 2.24) is 0 Å². The van der Waals surface area contributed by atoms with E-state index in [-0.39, 0.29) is 0 Å². The minimum absolute atomic E-state index is 0.325. The van der Waals surface area contributed by atoms with Gasteiger partial charge in [0, 0.05) is 47.0 Å². The van der Waals surface area contributed by atoms with Crippen LogP contribution in [0.5, 0.6) is 11.5 Å². The van der Waals surface area contributed by atoms with Crippen molar-refractivity contribution in [3.8, 4) is 11.5 Å². The van der Waals surface area contributed by atoms with Gasteiger partial charge < -0.3 is 19.7 Å². The molecule has 1 heterocycles. The lowest BCUT2D eigenvalue weighted by Crippen LogP contribution is -2.29. The first kappa shape index (κ1) is 23.9. The van der Waals surface area contributed by atoms with Gasteiger partial charge in [-0.15, -0.1) is 0 Å². The number of rotatable bonds is 8. The molecule has 4 nitrogen and oxygen atoms in total. The van der Waals surface area contributed by atoms with Crippen molar-refractivity contribution < 1.29 is 9.47 Å². The van der Waals surface area contributed by atoms with Gasteiger partial charge in [-0.05, 0) is 55.2 Å². The van der Waals surface area contributed by atoms with E-state index in [0.29, 0.717) is 34.7 Å². The van der Waals surface area contributed by atoms with Crippen molar-refractivity contribution in [2.45, 2.75) is 32.4 Å². The molecule has 0 saturated carbocycles. The molecule has 3 aromatic carbocycles. The molecule has 33 heavy (non-hydrogen) atoms. The van der Waals surface area contributed by atoms with E-state index in [4.69, 9.17) is 44.3 Å². The Balaban J connectivity index is 1.43. The fourth-order valence-corrected chi connectivity index (χ4v) is 4.67. The lowest BCUT2D eigenvalue weighted by Gasteiger charge is -2.29. The summed E-state index contributed by atoms with van der Waals surface area (Å²) in [6.45, 7) is 2.98. The van der Waals surface area contributed by atoms with Gasteiger partial charge in [0.05, 0.1) is 17.8 Å². The van der Waals surface area contributed by atoms with Crippen molar-refractivity contribution >= 4 is 46.2 Å². The maximum atomic E-state index is 6.59. The van der Waals surface area contributed by atoms with Crippen molar-refractivity contribution in [3.05, 3.63) is 80.8 Å². The number of ether oxygens (including phenoxy) is 2. The number of benzene rings is 3. The summed E-state index contributed by atoms with van der Waals surface area (Å²) >= 11 is 19.4. The zero-order chi connectivity index (χ0) is 23.2. The molecule has 1 N–H and O–H groups in total. The van der Waals surface area contributed by atoms with Gasteiger partial charge >= 0.3 is 0 Å². The van der Waals surface area contributed by atoms with E-state index in [9.17, 15) is 0 Å². The fraction of sp³-hybridized carbons (Fsp3) is 0.308. The van der Waals surface area contributed by atoms with Crippen LogP contribution in [0.25, 0.3) is 0 Å². The lowest BCUT2D eigenvalue weighted by atomic mass is 10.1. The van der Waals surface area contributed by atoms with Crippen LogP contribution in [0.1, 0.15) is 30.4 Å². The highest BCUT2D eigenvalue weighted by atomic mass is 35.5. The first-order valence-corrected chi connectivity index (χ1v) is 12.2. The molecule has 3 aromatic rings. The Labute approximate surface area is 210 Å². The van der Waals surface area contributed by atoms with Gasteiger partial charge in [-0.1, -0.05) is 53.0 Å². The summed E-state index contributed by atoms with van der Waals surface area (Å²) in [6.07, 6.45) is 3.73. The molecule has 1 saturated heterocycles. The number of hydrogen-bond acceptors (Lipinski definition) is 4. The molecular weight excluding hydrogens is 479 g/mol. The summed E-state index contributed by atoms with van der Waals surface area (Å²) in [6, 6.07) is 17.4. The van der Waals surface area contributed by atoms with Crippen molar-refractivity contribution in [3.63, 3.8) is 0 Å². The van der Waals surface area contributed by atoms with Gasteiger partial charge in [-0.2, -0.15) is 0 Å². The monoisotopic (exact) mass is 504 g/mol. The molecule has 0 amide bonds. The third kappa shape index (κ3) is 6.00. The van der Waals surface area contributed by atoms with Crippen LogP contribution in [0.3, 0.4) is 0 Å². The molecule has 7 heteroatoms. The summed E-state index contributed by atoms with van der Waals surface area (Å²) in [4.78, 5) is 2.36. The highest BCUT2D eigenvalue weighted by Crippen LogP contribution is 2.35. The van der Waals surface area contributed by atoms with Crippen molar-refractivity contribution in [2.75, 3.05) is 30.4 Å². The minimum Gasteiger partial charge on any atom is -0.493 e. The number of hydrogen-bond donors (Lipinski definition) is 1. The first-order chi connectivity index (χ1) is 16.0. The second kappa shape index (κ2) is 11.2. The zero-order valence-corrected chi connectivity index (χ0v) is 20.8. The fourth-order valence-electron chi connectivity index (χ4n) is 3.96. The zero-order valence-electron chi connectivity index (χ0n) is 18.5. The van der Waals surface area contributed by atoms with E-state index < -0.39 is 0 Å². The molecule has 0 radical (unpaired) electrons. The van der Waals surface area contributed by atoms with E-state index in [0.717, 1.165) is 40.6 Å². The Morgan fingerprint density at radius 1 is 0.818 bits per heavy atom. The van der Waals surface area contributed by atoms with E-state index in [2.05, 4.69) is 22.3 Å². The highest BCUT2D eigenvalue weighted by molar-refractivity contribution is 6.33. The van der Waals surface area contributed by atoms with Gasteiger partial charge in [-0.3, -0.25) is 0 Å². The Kier molecular flexibility index (Phi) is 8.13. The molecular formula is C26H27Cl3N2O2. The van der Waals surface area contributed by atoms with Crippen molar-refractivity contribution in [1.29, 1.82) is 0 Å². The summed E-state index contributed by atoms with van der Waals surface area (Å²) in [7, 11) is 1.61. The maximum absolute atomic E-state index is 6.59. The van der Waals surface area contributed by atoms with Gasteiger partial charge in [0.15, 0.2) is 11.5 Å². The highest BCUT2D eigenvalue weighted by Gasteiger charge is 2.15. The van der Waals surface area contributed by atoms with Gasteiger partial charge in [0.25, 0.3) is 0 Å². The molecule has 0 aliphatic carbocycles. The van der Waals surface area contributed by atoms with E-state index in [1.165, 1.54) is 19.3 Å². The average molecular weight is 506 g/mol. The SMILES string of the molecule is COc1cc(CNc2ccc(N3CCCCC3)c(Cl)c2)c(Cl)cc1OCc1ccccc1Cl. The van der Waals surface area contributed by atoms with Gasteiger partial charge in [0.2, 0.25) is 0 Å². The molecule has 1 aliphatic rings. The summed E-state index contributed by atoms with van der Waals surface area (Å²) in [5.74, 6) is 1.18. The van der Waals surface area contributed by atoms with Crippen LogP contribution < -0.4 is 19.7 Å². The Morgan fingerprint density at radius 3 is 2.33 bits per heavy atom. The van der Waals surface area contributed by atoms with Crippen LogP contribution in [-0.4, -0.2) is 20.2 Å². The standard InChI is InChI=1S/C26H27Cl3N2O2/c1-32-25-13-19(22(28)15-26(25)33-17-18-7-3-4-8-21(18)27)16-30-20-9-10-24(23(29)14-20)31-11-5-2-6-12-31/h3-4,7-10,13-15,30H,2,5-6,11-12,16-17H2,1H3. The molecule has 4 rings (SSSR count). The molecule has 1 aliphatic heterocycles. The first-order valence-electron chi connectivity index (χ1n) is 11.1. The summed E-state index contributed by atoms with van der Waals surface area (Å²) < 4.78 is 11.5. The number of piperidine rings is 1. The maximum Gasteiger partial charge on any atom is 0.163 e. The molecule has 0 bridgehead atoms. The molecule has 1 fully saturated rings. The van der Waals surface area contributed by atoms with Crippen LogP contribution in [0.2, 0.25) is 15.1 Å². The number of methoxy groups -OCH3 is 1. The van der Waals surface area contributed by atoms with Crippen LogP contribution >= 0.6 is 34.8 Å². The molecule has 0 atom stereocenters. The van der Waals surface area contributed by atoms with Crippen LogP contribution in [-0.2, 0) is 13.2 Å². The Bertz CT molecular complexity index is 1100. The molecule has 174 valence electrons. The van der Waals surface area contributed by atoms with Gasteiger partial charge in [-0.25, -0.2) is 0 Å². The second-order valence-electron chi connectivity index (χ2n) is 8.04.